The monoisotopic (exact) mass is 343 g/mol. The van der Waals surface area contributed by atoms with Crippen molar-refractivity contribution in [3.05, 3.63) is 46.1 Å². The number of para-hydroxylation sites is 2. The molecular formula is C17H18FN5O2. The molecule has 130 valence electrons. The lowest BCUT2D eigenvalue weighted by Crippen LogP contribution is -2.51. The quantitative estimate of drug-likeness (QED) is 0.780. The van der Waals surface area contributed by atoms with Crippen LogP contribution in [0, 0.1) is 18.7 Å². The van der Waals surface area contributed by atoms with E-state index < -0.39 is 11.4 Å². The molecule has 1 aliphatic heterocycles. The molecule has 2 aromatic heterocycles. The number of aryl methyl sites for hydroxylation is 1. The zero-order valence-electron chi connectivity index (χ0n) is 14.0. The van der Waals surface area contributed by atoms with E-state index in [4.69, 9.17) is 4.42 Å². The van der Waals surface area contributed by atoms with Crippen molar-refractivity contribution in [1.29, 1.82) is 0 Å². The van der Waals surface area contributed by atoms with Crippen LogP contribution < -0.4 is 15.4 Å². The van der Waals surface area contributed by atoms with Crippen LogP contribution in [0.4, 0.5) is 16.4 Å². The first-order chi connectivity index (χ1) is 12.0. The fraction of sp³-hybridized carbons (Fsp3) is 0.353. The van der Waals surface area contributed by atoms with Gasteiger partial charge in [-0.05, 0) is 19.1 Å². The SMILES string of the molecule is Cc1nc(N(C)CC2CN(c3nc4ccccc4o3)C2)[nH]c(=O)c1F. The van der Waals surface area contributed by atoms with Gasteiger partial charge >= 0.3 is 0 Å². The number of rotatable bonds is 4. The molecule has 1 fully saturated rings. The van der Waals surface area contributed by atoms with E-state index in [1.807, 2.05) is 36.2 Å². The lowest BCUT2D eigenvalue weighted by molar-refractivity contribution is 0.382. The average Bonchev–Trinajstić information content (AvgIpc) is 2.98. The molecule has 0 aliphatic carbocycles. The van der Waals surface area contributed by atoms with E-state index >= 15 is 0 Å². The van der Waals surface area contributed by atoms with Crippen LogP contribution in [0.1, 0.15) is 5.69 Å². The van der Waals surface area contributed by atoms with Crippen LogP contribution in [0.5, 0.6) is 0 Å². The highest BCUT2D eigenvalue weighted by atomic mass is 19.1. The fourth-order valence-corrected chi connectivity index (χ4v) is 3.05. The summed E-state index contributed by atoms with van der Waals surface area (Å²) in [4.78, 5) is 26.5. The zero-order chi connectivity index (χ0) is 17.6. The molecule has 0 bridgehead atoms. The Morgan fingerprint density at radius 1 is 1.36 bits per heavy atom. The van der Waals surface area contributed by atoms with Gasteiger partial charge in [0.15, 0.2) is 5.58 Å². The second-order valence-corrected chi connectivity index (χ2v) is 6.40. The first kappa shape index (κ1) is 15.6. The molecule has 1 saturated heterocycles. The largest absolute Gasteiger partial charge is 0.423 e. The summed E-state index contributed by atoms with van der Waals surface area (Å²) in [6.07, 6.45) is 0. The van der Waals surface area contributed by atoms with E-state index in [0.717, 1.165) is 24.2 Å². The first-order valence-electron chi connectivity index (χ1n) is 8.09. The number of anilines is 2. The van der Waals surface area contributed by atoms with Crippen LogP contribution >= 0.6 is 0 Å². The van der Waals surface area contributed by atoms with E-state index in [1.165, 1.54) is 6.92 Å². The van der Waals surface area contributed by atoms with Gasteiger partial charge in [-0.1, -0.05) is 12.1 Å². The minimum Gasteiger partial charge on any atom is -0.423 e. The Morgan fingerprint density at radius 2 is 2.12 bits per heavy atom. The Bertz CT molecular complexity index is 944. The van der Waals surface area contributed by atoms with Crippen LogP contribution in [0.3, 0.4) is 0 Å². The molecule has 0 saturated carbocycles. The maximum Gasteiger partial charge on any atom is 0.298 e. The van der Waals surface area contributed by atoms with Crippen LogP contribution in [0.25, 0.3) is 11.1 Å². The number of halogens is 1. The Hall–Kier alpha value is -2.90. The van der Waals surface area contributed by atoms with Gasteiger partial charge in [-0.25, -0.2) is 4.98 Å². The standard InChI is InChI=1S/C17H18FN5O2/c1-10-14(18)15(24)21-16(19-10)22(2)7-11-8-23(9-11)17-20-12-5-3-4-6-13(12)25-17/h3-6,11H,7-9H2,1-2H3,(H,19,21,24). The summed E-state index contributed by atoms with van der Waals surface area (Å²) < 4.78 is 19.1. The van der Waals surface area contributed by atoms with Gasteiger partial charge in [0.2, 0.25) is 11.8 Å². The van der Waals surface area contributed by atoms with E-state index in [1.54, 1.807) is 0 Å². The molecule has 1 N–H and O–H groups in total. The van der Waals surface area contributed by atoms with Gasteiger partial charge in [-0.2, -0.15) is 9.37 Å². The first-order valence-corrected chi connectivity index (χ1v) is 8.09. The van der Waals surface area contributed by atoms with Crippen LogP contribution in [-0.4, -0.2) is 41.6 Å². The molecule has 7 nitrogen and oxygen atoms in total. The van der Waals surface area contributed by atoms with Crippen molar-refractivity contribution >= 4 is 23.1 Å². The van der Waals surface area contributed by atoms with E-state index in [-0.39, 0.29) is 5.69 Å². The Kier molecular flexibility index (Phi) is 3.67. The fourth-order valence-electron chi connectivity index (χ4n) is 3.05. The number of nitrogens with one attached hydrogen (secondary N) is 1. The predicted molar refractivity (Wildman–Crippen MR) is 92.5 cm³/mol. The van der Waals surface area contributed by atoms with Gasteiger partial charge in [0.05, 0.1) is 5.69 Å². The summed E-state index contributed by atoms with van der Waals surface area (Å²) in [6, 6.07) is 8.30. The van der Waals surface area contributed by atoms with E-state index in [2.05, 4.69) is 19.9 Å². The number of nitrogens with zero attached hydrogens (tertiary/aromatic N) is 4. The predicted octanol–water partition coefficient (Wildman–Crippen LogP) is 1.93. The number of fused-ring (bicyclic) bond motifs is 1. The molecule has 1 aromatic carbocycles. The highest BCUT2D eigenvalue weighted by molar-refractivity contribution is 5.74. The van der Waals surface area contributed by atoms with Crippen molar-refractivity contribution < 1.29 is 8.81 Å². The molecule has 3 aromatic rings. The van der Waals surface area contributed by atoms with Gasteiger partial charge in [-0.15, -0.1) is 0 Å². The van der Waals surface area contributed by atoms with Crippen LogP contribution in [-0.2, 0) is 0 Å². The molecule has 0 spiro atoms. The topological polar surface area (TPSA) is 78.3 Å². The third-order valence-electron chi connectivity index (χ3n) is 4.42. The van der Waals surface area contributed by atoms with Crippen molar-refractivity contribution in [3.8, 4) is 0 Å². The average molecular weight is 343 g/mol. The smallest absolute Gasteiger partial charge is 0.298 e. The second-order valence-electron chi connectivity index (χ2n) is 6.40. The molecule has 0 atom stereocenters. The second kappa shape index (κ2) is 5.87. The summed E-state index contributed by atoms with van der Waals surface area (Å²) >= 11 is 0. The summed E-state index contributed by atoms with van der Waals surface area (Å²) in [6.45, 7) is 3.80. The Labute approximate surface area is 143 Å². The lowest BCUT2D eigenvalue weighted by atomic mass is 10.0. The molecule has 25 heavy (non-hydrogen) atoms. The van der Waals surface area contributed by atoms with Crippen LogP contribution in [0.2, 0.25) is 0 Å². The summed E-state index contributed by atoms with van der Waals surface area (Å²) in [5, 5.41) is 0. The highest BCUT2D eigenvalue weighted by Crippen LogP contribution is 2.28. The number of oxazole rings is 1. The normalized spacial score (nSPS) is 14.8. The molecule has 4 rings (SSSR count). The summed E-state index contributed by atoms with van der Waals surface area (Å²) in [5.41, 5.74) is 0.992. The maximum absolute atomic E-state index is 13.4. The lowest BCUT2D eigenvalue weighted by Gasteiger charge is -2.39. The van der Waals surface area contributed by atoms with Crippen molar-refractivity contribution in [3.63, 3.8) is 0 Å². The van der Waals surface area contributed by atoms with Gasteiger partial charge in [0, 0.05) is 32.6 Å². The van der Waals surface area contributed by atoms with Crippen molar-refractivity contribution in [2.24, 2.45) is 5.92 Å². The number of aromatic amines is 1. The molecular weight excluding hydrogens is 325 g/mol. The number of hydrogen-bond donors (Lipinski definition) is 1. The minimum absolute atomic E-state index is 0.104. The zero-order valence-corrected chi connectivity index (χ0v) is 14.0. The van der Waals surface area contributed by atoms with Gasteiger partial charge in [-0.3, -0.25) is 9.78 Å². The molecule has 0 unspecified atom stereocenters. The number of hydrogen-bond acceptors (Lipinski definition) is 6. The number of aromatic nitrogens is 3. The van der Waals surface area contributed by atoms with Gasteiger partial charge < -0.3 is 14.2 Å². The third kappa shape index (κ3) is 2.84. The highest BCUT2D eigenvalue weighted by Gasteiger charge is 2.31. The van der Waals surface area contributed by atoms with E-state index in [9.17, 15) is 9.18 Å². The molecule has 0 radical (unpaired) electrons. The van der Waals surface area contributed by atoms with Crippen LogP contribution in [0.15, 0.2) is 33.5 Å². The number of benzene rings is 1. The number of H-pyrrole nitrogens is 1. The molecule has 3 heterocycles. The summed E-state index contributed by atoms with van der Waals surface area (Å²) in [7, 11) is 1.83. The van der Waals surface area contributed by atoms with E-state index in [0.29, 0.717) is 24.4 Å². The molecule has 1 aliphatic rings. The molecule has 8 heteroatoms. The molecule has 0 amide bonds. The maximum atomic E-state index is 13.4. The third-order valence-corrected chi connectivity index (χ3v) is 4.42. The summed E-state index contributed by atoms with van der Waals surface area (Å²) in [5.74, 6) is -0.0668. The Morgan fingerprint density at radius 3 is 2.84 bits per heavy atom. The van der Waals surface area contributed by atoms with Gasteiger partial charge in [0.25, 0.3) is 11.6 Å². The Balaban J connectivity index is 1.40. The van der Waals surface area contributed by atoms with Gasteiger partial charge in [0.1, 0.15) is 5.52 Å². The van der Waals surface area contributed by atoms with Crippen molar-refractivity contribution in [2.75, 3.05) is 36.5 Å². The van der Waals surface area contributed by atoms with Crippen molar-refractivity contribution in [2.45, 2.75) is 6.92 Å². The minimum atomic E-state index is -0.831. The van der Waals surface area contributed by atoms with Crippen molar-refractivity contribution in [1.82, 2.24) is 15.0 Å².